The quantitative estimate of drug-likeness (QED) is 0.193. The second kappa shape index (κ2) is 17.7. The lowest BCUT2D eigenvalue weighted by molar-refractivity contribution is -0.134. The molecule has 0 radical (unpaired) electrons. The lowest BCUT2D eigenvalue weighted by Gasteiger charge is -2.44. The minimum atomic E-state index is -0.703. The average molecular weight is 799 g/mol. The van der Waals surface area contributed by atoms with E-state index in [1.165, 1.54) is 6.42 Å². The highest BCUT2D eigenvalue weighted by molar-refractivity contribution is 7.81. The molecule has 4 fully saturated rings. The van der Waals surface area contributed by atoms with E-state index in [-0.39, 0.29) is 60.1 Å². The maximum atomic E-state index is 13.7. The van der Waals surface area contributed by atoms with Gasteiger partial charge in [0, 0.05) is 49.0 Å². The Labute approximate surface area is 335 Å². The summed E-state index contributed by atoms with van der Waals surface area (Å²) in [6.07, 6.45) is 7.46. The fourth-order valence-electron chi connectivity index (χ4n) is 9.02. The van der Waals surface area contributed by atoms with Gasteiger partial charge in [-0.05, 0) is 121 Å². The molecule has 4 atom stereocenters. The maximum Gasteiger partial charge on any atom is 0.249 e. The molecule has 292 valence electrons. The zero-order valence-electron chi connectivity index (χ0n) is 31.6. The van der Waals surface area contributed by atoms with Crippen LogP contribution in [0.5, 0.6) is 0 Å². The van der Waals surface area contributed by atoms with Crippen molar-refractivity contribution < 1.29 is 19.2 Å². The Morgan fingerprint density at radius 2 is 1.69 bits per heavy atom. The number of hydrogen-bond acceptors (Lipinski definition) is 9. The lowest BCUT2D eigenvalue weighted by Crippen LogP contribution is -2.58. The number of benzene rings is 2. The Balaban J connectivity index is 0.00000561. The number of anilines is 2. The number of amides is 4. The van der Waals surface area contributed by atoms with Crippen LogP contribution in [0.3, 0.4) is 0 Å². The van der Waals surface area contributed by atoms with Crippen molar-refractivity contribution in [2.75, 3.05) is 36.4 Å². The van der Waals surface area contributed by atoms with Crippen molar-refractivity contribution in [1.82, 2.24) is 20.0 Å². The Hall–Kier alpha value is -3.18. The standard InChI is InChI=1S/C40H52ClN7O4S.ClH/c1-25-22-45(23-26(2)46(25)24-36(50)43-30-12-9-28(10-13-30)33-17-18-35(49)44-37(33)51)19-5-6-27-7-14-31(15-8-27)48-39(53)47(38(52)40(48,3)4)32-16-11-29(21-42)34(41)20-32;/h9-13,16,20,25-27,31,33,39,53H,5-8,14-15,17-19,22-24H2,1-4H3,(H,43,50)(H,44,49,51);1H/t25-,26+,27?,31?,33?,39?;. The fourth-order valence-corrected chi connectivity index (χ4v) is 9.95. The van der Waals surface area contributed by atoms with Gasteiger partial charge in [-0.2, -0.15) is 5.26 Å². The first-order valence-electron chi connectivity index (χ1n) is 19.0. The number of piperidine rings is 1. The number of thiol groups is 1. The Morgan fingerprint density at radius 3 is 2.30 bits per heavy atom. The molecule has 6 rings (SSSR count). The molecule has 2 N–H and O–H groups in total. The largest absolute Gasteiger partial charge is 0.325 e. The molecule has 2 aromatic rings. The molecule has 0 bridgehead atoms. The van der Waals surface area contributed by atoms with E-state index in [9.17, 15) is 24.4 Å². The number of piperazine rings is 1. The summed E-state index contributed by atoms with van der Waals surface area (Å²) in [6, 6.07) is 15.3. The summed E-state index contributed by atoms with van der Waals surface area (Å²) in [5.41, 5.74) is 1.47. The highest BCUT2D eigenvalue weighted by atomic mass is 35.5. The SMILES string of the molecule is C[C@@H]1CN(CCCC2CCC(N3C(S)N(c4ccc(C#N)c(Cl)c4)C(=O)C3(C)C)CC2)C[C@H](C)N1CC(=O)Nc1ccc(C2CCC(=O)NC2=O)cc1.Cl. The molecule has 14 heteroatoms. The summed E-state index contributed by atoms with van der Waals surface area (Å²) in [5.74, 6) is -0.244. The smallest absolute Gasteiger partial charge is 0.249 e. The van der Waals surface area contributed by atoms with Gasteiger partial charge < -0.3 is 10.2 Å². The second-order valence-corrected chi connectivity index (χ2v) is 16.8. The topological polar surface area (TPSA) is 129 Å². The van der Waals surface area contributed by atoms with Crippen LogP contribution < -0.4 is 15.5 Å². The van der Waals surface area contributed by atoms with Gasteiger partial charge in [0.15, 0.2) is 0 Å². The van der Waals surface area contributed by atoms with Crippen LogP contribution in [-0.4, -0.2) is 93.7 Å². The lowest BCUT2D eigenvalue weighted by atomic mass is 9.81. The average Bonchev–Trinajstić information content (AvgIpc) is 3.29. The molecular weight excluding hydrogens is 745 g/mol. The van der Waals surface area contributed by atoms with Crippen LogP contribution in [-0.2, 0) is 19.2 Å². The molecule has 3 saturated heterocycles. The normalized spacial score (nSPS) is 27.9. The van der Waals surface area contributed by atoms with E-state index in [2.05, 4.69) is 45.3 Å². The van der Waals surface area contributed by atoms with Crippen molar-refractivity contribution in [2.24, 2.45) is 5.92 Å². The van der Waals surface area contributed by atoms with Gasteiger partial charge >= 0.3 is 0 Å². The molecule has 1 aliphatic carbocycles. The van der Waals surface area contributed by atoms with E-state index in [1.807, 2.05) is 38.1 Å². The highest BCUT2D eigenvalue weighted by Crippen LogP contribution is 2.43. The zero-order chi connectivity index (χ0) is 38.0. The van der Waals surface area contributed by atoms with Crippen molar-refractivity contribution in [3.05, 3.63) is 58.6 Å². The van der Waals surface area contributed by atoms with Crippen LogP contribution in [0.15, 0.2) is 42.5 Å². The van der Waals surface area contributed by atoms with Gasteiger partial charge in [-0.15, -0.1) is 25.0 Å². The van der Waals surface area contributed by atoms with Crippen LogP contribution >= 0.6 is 36.6 Å². The minimum absolute atomic E-state index is 0. The minimum Gasteiger partial charge on any atom is -0.325 e. The van der Waals surface area contributed by atoms with E-state index < -0.39 is 11.0 Å². The van der Waals surface area contributed by atoms with Gasteiger partial charge in [0.25, 0.3) is 0 Å². The van der Waals surface area contributed by atoms with Crippen molar-refractivity contribution >= 4 is 71.6 Å². The van der Waals surface area contributed by atoms with Crippen LogP contribution in [0.4, 0.5) is 11.4 Å². The molecule has 1 saturated carbocycles. The predicted octanol–water partition coefficient (Wildman–Crippen LogP) is 6.17. The van der Waals surface area contributed by atoms with Gasteiger partial charge in [-0.25, -0.2) is 0 Å². The van der Waals surface area contributed by atoms with Gasteiger partial charge in [0.1, 0.15) is 11.6 Å². The van der Waals surface area contributed by atoms with Gasteiger partial charge in [-0.1, -0.05) is 23.7 Å². The van der Waals surface area contributed by atoms with Crippen LogP contribution in [0.2, 0.25) is 5.02 Å². The Kier molecular flexibility index (Phi) is 13.8. The second-order valence-electron chi connectivity index (χ2n) is 15.9. The number of imide groups is 1. The third-order valence-corrected chi connectivity index (χ3v) is 12.6. The number of nitriles is 1. The number of halogens is 2. The maximum absolute atomic E-state index is 13.7. The molecule has 0 aromatic heterocycles. The molecule has 3 heterocycles. The first-order valence-corrected chi connectivity index (χ1v) is 19.9. The molecule has 0 spiro atoms. The van der Waals surface area contributed by atoms with Gasteiger partial charge in [0.05, 0.1) is 28.6 Å². The molecule has 4 amide bonds. The van der Waals surface area contributed by atoms with Crippen molar-refractivity contribution in [1.29, 1.82) is 5.26 Å². The zero-order valence-corrected chi connectivity index (χ0v) is 34.1. The third kappa shape index (κ3) is 9.09. The Bertz CT molecular complexity index is 1730. The van der Waals surface area contributed by atoms with Crippen LogP contribution in [0.1, 0.15) is 96.1 Å². The highest BCUT2D eigenvalue weighted by Gasteiger charge is 2.54. The monoisotopic (exact) mass is 797 g/mol. The Morgan fingerprint density at radius 1 is 1.02 bits per heavy atom. The number of hydrogen-bond donors (Lipinski definition) is 3. The summed E-state index contributed by atoms with van der Waals surface area (Å²) in [7, 11) is 0. The molecule has 54 heavy (non-hydrogen) atoms. The first kappa shape index (κ1) is 42.0. The number of rotatable bonds is 10. The summed E-state index contributed by atoms with van der Waals surface area (Å²) in [5, 5.41) is 15.0. The molecule has 4 aliphatic rings. The summed E-state index contributed by atoms with van der Waals surface area (Å²) < 4.78 is 0. The molecule has 11 nitrogen and oxygen atoms in total. The van der Waals surface area contributed by atoms with Crippen molar-refractivity contribution in [2.45, 2.75) is 114 Å². The third-order valence-electron chi connectivity index (χ3n) is 11.9. The number of nitrogens with one attached hydrogen (secondary N) is 2. The van der Waals surface area contributed by atoms with Crippen LogP contribution in [0, 0.1) is 17.2 Å². The number of carbonyl (C=O) groups excluding carboxylic acids is 4. The van der Waals surface area contributed by atoms with Crippen molar-refractivity contribution in [3.63, 3.8) is 0 Å². The van der Waals surface area contributed by atoms with E-state index in [0.29, 0.717) is 47.3 Å². The molecule has 2 unspecified atom stereocenters. The number of nitrogens with zero attached hydrogens (tertiary/aromatic N) is 5. The summed E-state index contributed by atoms with van der Waals surface area (Å²) >= 11 is 11.3. The number of carbonyl (C=O) groups is 4. The predicted molar refractivity (Wildman–Crippen MR) is 217 cm³/mol. The van der Waals surface area contributed by atoms with E-state index in [0.717, 1.165) is 57.3 Å². The van der Waals surface area contributed by atoms with Crippen LogP contribution in [0.25, 0.3) is 0 Å². The molecule has 3 aliphatic heterocycles. The molecule has 2 aromatic carbocycles. The molecular formula is C40H53Cl2N7O4S. The van der Waals surface area contributed by atoms with E-state index in [4.69, 9.17) is 24.2 Å². The van der Waals surface area contributed by atoms with Gasteiger partial charge in [0.2, 0.25) is 23.6 Å². The van der Waals surface area contributed by atoms with Gasteiger partial charge in [-0.3, -0.25) is 39.2 Å². The first-order chi connectivity index (χ1) is 25.3. The fraction of sp³-hybridized carbons (Fsp3) is 0.575. The van der Waals surface area contributed by atoms with E-state index >= 15 is 0 Å². The van der Waals surface area contributed by atoms with E-state index in [1.54, 1.807) is 23.1 Å². The van der Waals surface area contributed by atoms with Crippen molar-refractivity contribution in [3.8, 4) is 6.07 Å². The summed E-state index contributed by atoms with van der Waals surface area (Å²) in [4.78, 5) is 59.2. The summed E-state index contributed by atoms with van der Waals surface area (Å²) in [6.45, 7) is 11.6.